The molecule has 0 aliphatic carbocycles. The molecule has 0 saturated carbocycles. The number of nitrogens with one attached hydrogen (secondary N) is 3. The summed E-state index contributed by atoms with van der Waals surface area (Å²) in [6.07, 6.45) is 1.64. The number of imidazole rings is 1. The highest BCUT2D eigenvalue weighted by molar-refractivity contribution is 5.77. The number of carbonyl (C=O) groups is 1. The molecule has 1 aromatic heterocycles. The van der Waals surface area contributed by atoms with Gasteiger partial charge in [-0.1, -0.05) is 48.5 Å². The summed E-state index contributed by atoms with van der Waals surface area (Å²) in [4.78, 5) is 19.9. The second-order valence-electron chi connectivity index (χ2n) is 6.70. The number of hydrogen-bond donors (Lipinski definition) is 3. The Balaban J connectivity index is 1.41. The zero-order valence-corrected chi connectivity index (χ0v) is 16.1. The monoisotopic (exact) mass is 404 g/mol. The van der Waals surface area contributed by atoms with Crippen molar-refractivity contribution in [3.63, 3.8) is 0 Å². The van der Waals surface area contributed by atoms with Gasteiger partial charge in [0.1, 0.15) is 6.61 Å². The van der Waals surface area contributed by atoms with E-state index in [2.05, 4.69) is 20.6 Å². The van der Waals surface area contributed by atoms with Gasteiger partial charge in [0.15, 0.2) is 11.6 Å². The molecule has 6 nitrogen and oxygen atoms in total. The van der Waals surface area contributed by atoms with Crippen molar-refractivity contribution in [2.75, 3.05) is 13.2 Å². The van der Waals surface area contributed by atoms with Gasteiger partial charge in [0, 0.05) is 0 Å². The van der Waals surface area contributed by atoms with Gasteiger partial charge in [-0.25, -0.2) is 14.2 Å². The van der Waals surface area contributed by atoms with Crippen LogP contribution < -0.4 is 15.4 Å². The summed E-state index contributed by atoms with van der Waals surface area (Å²) in [5.74, 6) is -0.268. The van der Waals surface area contributed by atoms with E-state index < -0.39 is 5.82 Å². The number of fused-ring (bicyclic) bond motifs is 1. The lowest BCUT2D eigenvalue weighted by Crippen LogP contribution is -2.40. The molecule has 30 heavy (non-hydrogen) atoms. The van der Waals surface area contributed by atoms with Crippen LogP contribution in [0, 0.1) is 5.82 Å². The first-order chi connectivity index (χ1) is 14.7. The Kier molecular flexibility index (Phi) is 5.89. The number of benzene rings is 3. The van der Waals surface area contributed by atoms with Crippen LogP contribution >= 0.6 is 0 Å². The third-order valence-electron chi connectivity index (χ3n) is 4.67. The van der Waals surface area contributed by atoms with Gasteiger partial charge in [0.2, 0.25) is 0 Å². The molecule has 0 saturated heterocycles. The van der Waals surface area contributed by atoms with Gasteiger partial charge in [-0.05, 0) is 35.4 Å². The van der Waals surface area contributed by atoms with E-state index in [1.165, 1.54) is 6.07 Å². The predicted molar refractivity (Wildman–Crippen MR) is 113 cm³/mol. The molecule has 2 amide bonds. The van der Waals surface area contributed by atoms with Crippen LogP contribution in [0.2, 0.25) is 0 Å². The van der Waals surface area contributed by atoms with Crippen LogP contribution in [-0.4, -0.2) is 29.2 Å². The summed E-state index contributed by atoms with van der Waals surface area (Å²) in [5.41, 5.74) is 3.64. The number of halogens is 1. The topological polar surface area (TPSA) is 79.0 Å². The highest BCUT2D eigenvalue weighted by atomic mass is 19.1. The molecule has 3 aromatic carbocycles. The van der Waals surface area contributed by atoms with Crippen LogP contribution in [0.3, 0.4) is 0 Å². The van der Waals surface area contributed by atoms with Crippen LogP contribution in [0.15, 0.2) is 79.1 Å². The number of hydrogen-bond acceptors (Lipinski definition) is 3. The van der Waals surface area contributed by atoms with Crippen LogP contribution in [0.4, 0.5) is 9.18 Å². The van der Waals surface area contributed by atoms with Crippen molar-refractivity contribution in [1.82, 2.24) is 20.6 Å². The standard InChI is InChI=1S/C23H21FN4O2/c24-18-8-4-5-9-21(18)30-13-12-25-23(29)28-22(16-6-2-1-3-7-16)17-10-11-19-20(14-17)27-15-26-19/h1-11,14-15,22H,12-13H2,(H,26,27)(H2,25,28,29). The molecule has 0 spiro atoms. The minimum absolute atomic E-state index is 0.157. The molecule has 0 bridgehead atoms. The number of urea groups is 1. The average Bonchev–Trinajstić information content (AvgIpc) is 3.25. The number of rotatable bonds is 7. The van der Waals surface area contributed by atoms with Crippen molar-refractivity contribution in [3.05, 3.63) is 96.1 Å². The van der Waals surface area contributed by atoms with Crippen molar-refractivity contribution >= 4 is 17.1 Å². The number of para-hydroxylation sites is 1. The molecule has 1 atom stereocenters. The maximum atomic E-state index is 13.6. The van der Waals surface area contributed by atoms with Gasteiger partial charge in [-0.2, -0.15) is 0 Å². The molecular weight excluding hydrogens is 383 g/mol. The Labute approximate surface area is 173 Å². The van der Waals surface area contributed by atoms with E-state index in [1.807, 2.05) is 48.5 Å². The average molecular weight is 404 g/mol. The predicted octanol–water partition coefficient (Wildman–Crippen LogP) is 4.17. The fraction of sp³-hybridized carbons (Fsp3) is 0.130. The first-order valence-corrected chi connectivity index (χ1v) is 9.60. The molecule has 1 unspecified atom stereocenters. The second kappa shape index (κ2) is 9.09. The number of nitrogens with zero attached hydrogens (tertiary/aromatic N) is 1. The van der Waals surface area contributed by atoms with Gasteiger partial charge in [0.25, 0.3) is 0 Å². The first kappa shape index (κ1) is 19.4. The van der Waals surface area contributed by atoms with Crippen molar-refractivity contribution in [2.24, 2.45) is 0 Å². The van der Waals surface area contributed by atoms with Crippen molar-refractivity contribution in [1.29, 1.82) is 0 Å². The highest BCUT2D eigenvalue weighted by Crippen LogP contribution is 2.24. The summed E-state index contributed by atoms with van der Waals surface area (Å²) >= 11 is 0. The lowest BCUT2D eigenvalue weighted by atomic mass is 9.98. The minimum Gasteiger partial charge on any atom is -0.489 e. The molecule has 0 fully saturated rings. The van der Waals surface area contributed by atoms with Gasteiger partial charge in [0.05, 0.1) is 29.9 Å². The van der Waals surface area contributed by atoms with E-state index >= 15 is 0 Å². The van der Waals surface area contributed by atoms with E-state index in [0.29, 0.717) is 0 Å². The summed E-state index contributed by atoms with van der Waals surface area (Å²) in [6, 6.07) is 21.0. The SMILES string of the molecule is O=C(NCCOc1ccccc1F)NC(c1ccccc1)c1ccc2nc[nH]c2c1. The maximum Gasteiger partial charge on any atom is 0.315 e. The van der Waals surface area contributed by atoms with Crippen LogP contribution in [0.1, 0.15) is 17.2 Å². The van der Waals surface area contributed by atoms with E-state index in [-0.39, 0.29) is 31.0 Å². The number of aromatic amines is 1. The zero-order valence-electron chi connectivity index (χ0n) is 16.1. The summed E-state index contributed by atoms with van der Waals surface area (Å²) < 4.78 is 19.0. The smallest absolute Gasteiger partial charge is 0.315 e. The molecule has 4 aromatic rings. The summed E-state index contributed by atoms with van der Waals surface area (Å²) in [7, 11) is 0. The Bertz CT molecular complexity index is 1130. The molecule has 0 radical (unpaired) electrons. The molecule has 4 rings (SSSR count). The number of ether oxygens (including phenoxy) is 1. The Morgan fingerprint density at radius 2 is 1.83 bits per heavy atom. The molecule has 3 N–H and O–H groups in total. The van der Waals surface area contributed by atoms with Gasteiger partial charge in [-0.3, -0.25) is 0 Å². The first-order valence-electron chi connectivity index (χ1n) is 9.60. The zero-order chi connectivity index (χ0) is 20.8. The molecule has 7 heteroatoms. The molecule has 0 aliphatic rings. The second-order valence-corrected chi connectivity index (χ2v) is 6.70. The van der Waals surface area contributed by atoms with Crippen molar-refractivity contribution in [3.8, 4) is 5.75 Å². The van der Waals surface area contributed by atoms with Crippen molar-refractivity contribution in [2.45, 2.75) is 6.04 Å². The largest absolute Gasteiger partial charge is 0.489 e. The third-order valence-corrected chi connectivity index (χ3v) is 4.67. The van der Waals surface area contributed by atoms with Crippen LogP contribution in [0.25, 0.3) is 11.0 Å². The number of aromatic nitrogens is 2. The maximum absolute atomic E-state index is 13.6. The third kappa shape index (κ3) is 4.57. The highest BCUT2D eigenvalue weighted by Gasteiger charge is 2.17. The van der Waals surface area contributed by atoms with E-state index in [9.17, 15) is 9.18 Å². The summed E-state index contributed by atoms with van der Waals surface area (Å²) in [5, 5.41) is 5.76. The molecule has 1 heterocycles. The van der Waals surface area contributed by atoms with E-state index in [0.717, 1.165) is 22.2 Å². The molecule has 152 valence electrons. The molecular formula is C23H21FN4O2. The normalized spacial score (nSPS) is 11.8. The number of amides is 2. The lowest BCUT2D eigenvalue weighted by molar-refractivity contribution is 0.233. The number of H-pyrrole nitrogens is 1. The quantitative estimate of drug-likeness (QED) is 0.405. The fourth-order valence-electron chi connectivity index (χ4n) is 3.21. The fourth-order valence-corrected chi connectivity index (χ4v) is 3.21. The Hall–Kier alpha value is -3.87. The van der Waals surface area contributed by atoms with E-state index in [1.54, 1.807) is 24.5 Å². The summed E-state index contributed by atoms with van der Waals surface area (Å²) in [6.45, 7) is 0.395. The van der Waals surface area contributed by atoms with Crippen LogP contribution in [0.5, 0.6) is 5.75 Å². The minimum atomic E-state index is -0.430. The lowest BCUT2D eigenvalue weighted by Gasteiger charge is -2.20. The molecule has 0 aliphatic heterocycles. The van der Waals surface area contributed by atoms with E-state index in [4.69, 9.17) is 4.74 Å². The van der Waals surface area contributed by atoms with Gasteiger partial charge >= 0.3 is 6.03 Å². The van der Waals surface area contributed by atoms with Gasteiger partial charge in [-0.15, -0.1) is 0 Å². The van der Waals surface area contributed by atoms with Crippen LogP contribution in [-0.2, 0) is 0 Å². The van der Waals surface area contributed by atoms with Crippen molar-refractivity contribution < 1.29 is 13.9 Å². The van der Waals surface area contributed by atoms with Gasteiger partial charge < -0.3 is 20.4 Å². The Morgan fingerprint density at radius 1 is 1.03 bits per heavy atom. The Morgan fingerprint density at radius 3 is 2.67 bits per heavy atom. The number of carbonyl (C=O) groups excluding carboxylic acids is 1.